The molecule has 6 nitrogen and oxygen atoms in total. The van der Waals surface area contributed by atoms with E-state index in [-0.39, 0.29) is 17.4 Å². The average Bonchev–Trinajstić information content (AvgIpc) is 3.47. The molecule has 5 aromatic rings. The molecular weight excluding hydrogens is 495 g/mol. The molecule has 0 unspecified atom stereocenters. The molecule has 0 aliphatic heterocycles. The monoisotopic (exact) mass is 515 g/mol. The Morgan fingerprint density at radius 2 is 1.91 bits per heavy atom. The van der Waals surface area contributed by atoms with Gasteiger partial charge in [-0.2, -0.15) is 0 Å². The molecule has 0 bridgehead atoms. The molecule has 0 saturated heterocycles. The summed E-state index contributed by atoms with van der Waals surface area (Å²) in [5, 5.41) is 6.09. The van der Waals surface area contributed by atoms with Crippen molar-refractivity contribution in [3.63, 3.8) is 0 Å². The van der Waals surface area contributed by atoms with Gasteiger partial charge in [0.15, 0.2) is 5.11 Å². The highest BCUT2D eigenvalue weighted by Gasteiger charge is 2.12. The van der Waals surface area contributed by atoms with Gasteiger partial charge in [0.1, 0.15) is 0 Å². The van der Waals surface area contributed by atoms with Crippen LogP contribution in [0.4, 0.5) is 5.69 Å². The molecule has 2 aromatic carbocycles. The van der Waals surface area contributed by atoms with Crippen molar-refractivity contribution < 1.29 is 4.79 Å². The lowest BCUT2D eigenvalue weighted by atomic mass is 10.1. The fraction of sp³-hybridized carbons (Fsp3) is 0.0769. The standard InChI is InChI=1S/C26H21N5OS3/c1-31-16-27-15-21(31)23-14-20-25(35-23)22(11-12-28-20)34-19-9-7-18(8-10-19)29-26(33)30-24(32)13-17-5-3-2-4-6-17/h2-12,14-16H,13H2,1H3,(H2,29,30,32,33). The Bertz CT molecular complexity index is 1490. The number of aromatic nitrogens is 3. The van der Waals surface area contributed by atoms with Gasteiger partial charge < -0.3 is 15.2 Å². The summed E-state index contributed by atoms with van der Waals surface area (Å²) in [6, 6.07) is 21.7. The van der Waals surface area contributed by atoms with Crippen molar-refractivity contribution in [2.75, 3.05) is 5.32 Å². The summed E-state index contributed by atoms with van der Waals surface area (Å²) in [6.45, 7) is 0. The van der Waals surface area contributed by atoms with E-state index in [1.807, 2.05) is 84.7 Å². The molecule has 0 aliphatic carbocycles. The fourth-order valence-electron chi connectivity index (χ4n) is 3.56. The first-order chi connectivity index (χ1) is 17.0. The third kappa shape index (κ3) is 5.59. The summed E-state index contributed by atoms with van der Waals surface area (Å²) in [6.07, 6.45) is 5.80. The summed E-state index contributed by atoms with van der Waals surface area (Å²) < 4.78 is 3.16. The van der Waals surface area contributed by atoms with Crippen LogP contribution in [-0.2, 0) is 18.3 Å². The number of carbonyl (C=O) groups excluding carboxylic acids is 1. The van der Waals surface area contributed by atoms with Gasteiger partial charge >= 0.3 is 0 Å². The van der Waals surface area contributed by atoms with Crippen LogP contribution in [0.2, 0.25) is 0 Å². The third-order valence-electron chi connectivity index (χ3n) is 5.25. The molecule has 0 fully saturated rings. The maximum atomic E-state index is 12.2. The predicted octanol–water partition coefficient (Wildman–Crippen LogP) is 5.90. The van der Waals surface area contributed by atoms with Gasteiger partial charge in [0.25, 0.3) is 0 Å². The minimum Gasteiger partial charge on any atom is -0.333 e. The molecule has 5 rings (SSSR count). The maximum Gasteiger partial charge on any atom is 0.230 e. The second-order valence-corrected chi connectivity index (χ2v) is 10.4. The average molecular weight is 516 g/mol. The van der Waals surface area contributed by atoms with E-state index < -0.39 is 0 Å². The van der Waals surface area contributed by atoms with E-state index in [1.165, 1.54) is 0 Å². The number of aryl methyl sites for hydroxylation is 1. The number of hydrogen-bond acceptors (Lipinski definition) is 6. The van der Waals surface area contributed by atoms with Crippen LogP contribution in [0.15, 0.2) is 95.2 Å². The Morgan fingerprint density at radius 1 is 1.11 bits per heavy atom. The van der Waals surface area contributed by atoms with Gasteiger partial charge in [-0.05, 0) is 54.2 Å². The lowest BCUT2D eigenvalue weighted by Crippen LogP contribution is -2.35. The molecule has 0 saturated carbocycles. The number of pyridine rings is 1. The molecule has 174 valence electrons. The largest absolute Gasteiger partial charge is 0.333 e. The number of nitrogens with one attached hydrogen (secondary N) is 2. The first-order valence-corrected chi connectivity index (χ1v) is 12.9. The Balaban J connectivity index is 1.23. The van der Waals surface area contributed by atoms with Crippen molar-refractivity contribution in [1.29, 1.82) is 0 Å². The van der Waals surface area contributed by atoms with E-state index in [2.05, 4.69) is 26.7 Å². The highest BCUT2D eigenvalue weighted by atomic mass is 32.2. The van der Waals surface area contributed by atoms with E-state index >= 15 is 0 Å². The van der Waals surface area contributed by atoms with Crippen LogP contribution < -0.4 is 10.6 Å². The number of imidazole rings is 1. The molecule has 3 aromatic heterocycles. The van der Waals surface area contributed by atoms with Gasteiger partial charge in [0.05, 0.1) is 39.7 Å². The minimum atomic E-state index is -0.149. The topological polar surface area (TPSA) is 71.8 Å². The minimum absolute atomic E-state index is 0.149. The normalized spacial score (nSPS) is 10.9. The second kappa shape index (κ2) is 10.4. The van der Waals surface area contributed by atoms with Crippen LogP contribution in [0, 0.1) is 0 Å². The van der Waals surface area contributed by atoms with E-state index in [1.54, 1.807) is 29.4 Å². The number of fused-ring (bicyclic) bond motifs is 1. The maximum absolute atomic E-state index is 12.2. The number of thiocarbonyl (C=S) groups is 1. The van der Waals surface area contributed by atoms with E-state index in [0.29, 0.717) is 0 Å². The first kappa shape index (κ1) is 23.2. The number of amides is 1. The van der Waals surface area contributed by atoms with Crippen LogP contribution in [0.5, 0.6) is 0 Å². The number of thiophene rings is 1. The van der Waals surface area contributed by atoms with E-state index in [9.17, 15) is 4.79 Å². The number of rotatable bonds is 6. The lowest BCUT2D eigenvalue weighted by Gasteiger charge is -2.10. The number of hydrogen-bond donors (Lipinski definition) is 2. The zero-order valence-corrected chi connectivity index (χ0v) is 21.2. The molecule has 35 heavy (non-hydrogen) atoms. The van der Waals surface area contributed by atoms with Crippen molar-refractivity contribution in [3.05, 3.63) is 91.0 Å². The zero-order chi connectivity index (χ0) is 24.2. The van der Waals surface area contributed by atoms with Crippen LogP contribution in [-0.4, -0.2) is 25.6 Å². The number of carbonyl (C=O) groups is 1. The molecule has 3 heterocycles. The number of nitrogens with zero attached hydrogens (tertiary/aromatic N) is 3. The highest BCUT2D eigenvalue weighted by molar-refractivity contribution is 7.99. The first-order valence-electron chi connectivity index (χ1n) is 10.8. The Hall–Kier alpha value is -3.53. The predicted molar refractivity (Wildman–Crippen MR) is 147 cm³/mol. The van der Waals surface area contributed by atoms with Crippen LogP contribution in [0.25, 0.3) is 20.8 Å². The molecule has 1 amide bonds. The van der Waals surface area contributed by atoms with Crippen molar-refractivity contribution >= 4 is 62.2 Å². The molecule has 0 radical (unpaired) electrons. The van der Waals surface area contributed by atoms with Crippen molar-refractivity contribution in [1.82, 2.24) is 19.9 Å². The molecule has 0 spiro atoms. The van der Waals surface area contributed by atoms with Gasteiger partial charge in [-0.1, -0.05) is 42.1 Å². The Kier molecular flexibility index (Phi) is 6.89. The molecule has 2 N–H and O–H groups in total. The van der Waals surface area contributed by atoms with Gasteiger partial charge in [-0.15, -0.1) is 11.3 Å². The molecule has 0 atom stereocenters. The van der Waals surface area contributed by atoms with Gasteiger partial charge in [-0.25, -0.2) is 4.98 Å². The van der Waals surface area contributed by atoms with Crippen LogP contribution in [0.3, 0.4) is 0 Å². The number of anilines is 1. The lowest BCUT2D eigenvalue weighted by molar-refractivity contribution is -0.119. The van der Waals surface area contributed by atoms with Crippen molar-refractivity contribution in [2.24, 2.45) is 7.05 Å². The molecule has 0 aliphatic rings. The van der Waals surface area contributed by atoms with E-state index in [0.717, 1.165) is 41.8 Å². The van der Waals surface area contributed by atoms with Gasteiger partial charge in [-0.3, -0.25) is 9.78 Å². The summed E-state index contributed by atoms with van der Waals surface area (Å²) in [5.41, 5.74) is 3.81. The third-order valence-corrected chi connectivity index (χ3v) is 7.83. The Labute approximate surface area is 216 Å². The second-order valence-electron chi connectivity index (χ2n) is 7.82. The van der Waals surface area contributed by atoms with Crippen LogP contribution >= 0.6 is 35.3 Å². The van der Waals surface area contributed by atoms with E-state index in [4.69, 9.17) is 12.2 Å². The zero-order valence-electron chi connectivity index (χ0n) is 18.8. The van der Waals surface area contributed by atoms with Gasteiger partial charge in [0.2, 0.25) is 5.91 Å². The summed E-state index contributed by atoms with van der Waals surface area (Å²) in [4.78, 5) is 24.4. The van der Waals surface area contributed by atoms with Crippen molar-refractivity contribution in [3.8, 4) is 10.6 Å². The van der Waals surface area contributed by atoms with Crippen LogP contribution in [0.1, 0.15) is 5.56 Å². The highest BCUT2D eigenvalue weighted by Crippen LogP contribution is 2.40. The van der Waals surface area contributed by atoms with Crippen molar-refractivity contribution in [2.45, 2.75) is 16.2 Å². The van der Waals surface area contributed by atoms with Gasteiger partial charge in [0, 0.05) is 28.7 Å². The molecule has 9 heteroatoms. The fourth-order valence-corrected chi connectivity index (χ4v) is 5.97. The quantitative estimate of drug-likeness (QED) is 0.274. The molecular formula is C26H21N5OS3. The number of benzene rings is 2. The smallest absolute Gasteiger partial charge is 0.230 e. The Morgan fingerprint density at radius 3 is 2.66 bits per heavy atom. The summed E-state index contributed by atoms with van der Waals surface area (Å²) >= 11 is 8.71. The summed E-state index contributed by atoms with van der Waals surface area (Å²) in [5.74, 6) is -0.149. The summed E-state index contributed by atoms with van der Waals surface area (Å²) in [7, 11) is 1.99. The SMILES string of the molecule is Cn1cncc1-c1cc2nccc(Sc3ccc(NC(=S)NC(=O)Cc4ccccc4)cc3)c2s1.